The second kappa shape index (κ2) is 7.06. The molecule has 0 saturated carbocycles. The van der Waals surface area contributed by atoms with Crippen LogP contribution >= 0.6 is 0 Å². The molecule has 1 saturated heterocycles. The highest BCUT2D eigenvalue weighted by Crippen LogP contribution is 2.37. The number of hydrogen-bond acceptors (Lipinski definition) is 2. The third-order valence-corrected chi connectivity index (χ3v) is 4.60. The summed E-state index contributed by atoms with van der Waals surface area (Å²) in [5, 5.41) is 3.42. The molecule has 1 unspecified atom stereocenters. The molecule has 0 radical (unpaired) electrons. The molecule has 19 heavy (non-hydrogen) atoms. The minimum Gasteiger partial charge on any atom is -0.381 e. The zero-order valence-corrected chi connectivity index (χ0v) is 12.3. The first kappa shape index (κ1) is 14.5. The SMILES string of the molecule is CCC(CNC)(CC1CCOCC1)c1ccccc1. The van der Waals surface area contributed by atoms with Gasteiger partial charge in [-0.1, -0.05) is 37.3 Å². The molecule has 2 heteroatoms. The number of ether oxygens (including phenoxy) is 1. The predicted octanol–water partition coefficient (Wildman–Crippen LogP) is 3.37. The molecule has 0 amide bonds. The molecular formula is C17H27NO. The lowest BCUT2D eigenvalue weighted by Gasteiger charge is -2.38. The number of rotatable bonds is 6. The van der Waals surface area contributed by atoms with Gasteiger partial charge >= 0.3 is 0 Å². The lowest BCUT2D eigenvalue weighted by molar-refractivity contribution is 0.0551. The van der Waals surface area contributed by atoms with Gasteiger partial charge in [0.05, 0.1) is 0 Å². The molecule has 0 spiro atoms. The molecule has 1 heterocycles. The van der Waals surface area contributed by atoms with Crippen LogP contribution < -0.4 is 5.32 Å². The third kappa shape index (κ3) is 3.58. The van der Waals surface area contributed by atoms with E-state index in [0.29, 0.717) is 0 Å². The maximum atomic E-state index is 5.50. The summed E-state index contributed by atoms with van der Waals surface area (Å²) >= 11 is 0. The molecule has 1 N–H and O–H groups in total. The fourth-order valence-corrected chi connectivity index (χ4v) is 3.40. The molecular weight excluding hydrogens is 234 g/mol. The van der Waals surface area contributed by atoms with E-state index in [4.69, 9.17) is 4.74 Å². The van der Waals surface area contributed by atoms with Crippen molar-refractivity contribution in [1.82, 2.24) is 5.32 Å². The summed E-state index contributed by atoms with van der Waals surface area (Å²) < 4.78 is 5.50. The van der Waals surface area contributed by atoms with Crippen molar-refractivity contribution >= 4 is 0 Å². The van der Waals surface area contributed by atoms with Crippen LogP contribution in [0.1, 0.15) is 38.2 Å². The van der Waals surface area contributed by atoms with Gasteiger partial charge in [-0.15, -0.1) is 0 Å². The van der Waals surface area contributed by atoms with Crippen LogP contribution in [0.2, 0.25) is 0 Å². The van der Waals surface area contributed by atoms with Gasteiger partial charge in [-0.2, -0.15) is 0 Å². The van der Waals surface area contributed by atoms with Gasteiger partial charge in [0.15, 0.2) is 0 Å². The topological polar surface area (TPSA) is 21.3 Å². The van der Waals surface area contributed by atoms with Crippen LogP contribution in [0, 0.1) is 5.92 Å². The van der Waals surface area contributed by atoms with Crippen LogP contribution in [-0.2, 0) is 10.2 Å². The summed E-state index contributed by atoms with van der Waals surface area (Å²) in [7, 11) is 2.07. The quantitative estimate of drug-likeness (QED) is 0.847. The predicted molar refractivity (Wildman–Crippen MR) is 80.5 cm³/mol. The Kier molecular flexibility index (Phi) is 5.41. The van der Waals surface area contributed by atoms with Crippen molar-refractivity contribution in [3.63, 3.8) is 0 Å². The fourth-order valence-electron chi connectivity index (χ4n) is 3.40. The molecule has 1 atom stereocenters. The van der Waals surface area contributed by atoms with E-state index in [1.807, 2.05) is 0 Å². The summed E-state index contributed by atoms with van der Waals surface area (Å²) in [6.07, 6.45) is 4.91. The van der Waals surface area contributed by atoms with Crippen molar-refractivity contribution < 1.29 is 4.74 Å². The highest BCUT2D eigenvalue weighted by atomic mass is 16.5. The average Bonchev–Trinajstić information content (AvgIpc) is 2.49. The number of nitrogens with one attached hydrogen (secondary N) is 1. The molecule has 1 aromatic rings. The Morgan fingerprint density at radius 1 is 1.21 bits per heavy atom. The Hall–Kier alpha value is -0.860. The highest BCUT2D eigenvalue weighted by molar-refractivity contribution is 5.26. The van der Waals surface area contributed by atoms with Crippen LogP contribution in [-0.4, -0.2) is 26.8 Å². The Morgan fingerprint density at radius 3 is 2.47 bits per heavy atom. The normalized spacial score (nSPS) is 20.1. The van der Waals surface area contributed by atoms with E-state index in [1.165, 1.54) is 31.2 Å². The van der Waals surface area contributed by atoms with Crippen molar-refractivity contribution in [2.45, 2.75) is 38.0 Å². The third-order valence-electron chi connectivity index (χ3n) is 4.60. The second-order valence-corrected chi connectivity index (χ2v) is 5.79. The van der Waals surface area contributed by atoms with Gasteiger partial charge in [0.1, 0.15) is 0 Å². The van der Waals surface area contributed by atoms with E-state index in [1.54, 1.807) is 0 Å². The summed E-state index contributed by atoms with van der Waals surface area (Å²) in [6.45, 7) is 5.27. The van der Waals surface area contributed by atoms with Gasteiger partial charge in [-0.25, -0.2) is 0 Å². The van der Waals surface area contributed by atoms with Gasteiger partial charge in [0, 0.05) is 25.2 Å². The molecule has 0 bridgehead atoms. The molecule has 2 nitrogen and oxygen atoms in total. The first-order chi connectivity index (χ1) is 9.30. The maximum Gasteiger partial charge on any atom is 0.0468 e. The standard InChI is InChI=1S/C17H27NO/c1-3-17(14-18-2,16-7-5-4-6-8-16)13-15-9-11-19-12-10-15/h4-8,15,18H,3,9-14H2,1-2H3. The summed E-state index contributed by atoms with van der Waals surface area (Å²) in [4.78, 5) is 0. The van der Waals surface area contributed by atoms with Gasteiger partial charge in [0.2, 0.25) is 0 Å². The van der Waals surface area contributed by atoms with Gasteiger partial charge in [0.25, 0.3) is 0 Å². The Morgan fingerprint density at radius 2 is 1.89 bits per heavy atom. The van der Waals surface area contributed by atoms with Crippen molar-refractivity contribution in [3.8, 4) is 0 Å². The van der Waals surface area contributed by atoms with Crippen LogP contribution in [0.3, 0.4) is 0 Å². The largest absolute Gasteiger partial charge is 0.381 e. The molecule has 1 aliphatic rings. The fraction of sp³-hybridized carbons (Fsp3) is 0.647. The molecule has 106 valence electrons. The molecule has 1 fully saturated rings. The molecule has 2 rings (SSSR count). The zero-order chi connectivity index (χ0) is 13.6. The van der Waals surface area contributed by atoms with Gasteiger partial charge in [-0.3, -0.25) is 0 Å². The van der Waals surface area contributed by atoms with Crippen molar-refractivity contribution in [2.24, 2.45) is 5.92 Å². The summed E-state index contributed by atoms with van der Waals surface area (Å²) in [5.41, 5.74) is 1.76. The van der Waals surface area contributed by atoms with Crippen LogP contribution in [0.5, 0.6) is 0 Å². The first-order valence-corrected chi connectivity index (χ1v) is 7.58. The highest BCUT2D eigenvalue weighted by Gasteiger charge is 2.33. The van der Waals surface area contributed by atoms with E-state index in [9.17, 15) is 0 Å². The monoisotopic (exact) mass is 261 g/mol. The lowest BCUT2D eigenvalue weighted by atomic mass is 9.70. The molecule has 1 aromatic carbocycles. The molecule has 0 aromatic heterocycles. The van der Waals surface area contributed by atoms with Crippen molar-refractivity contribution in [2.75, 3.05) is 26.8 Å². The molecule has 0 aliphatic carbocycles. The van der Waals surface area contributed by atoms with E-state index >= 15 is 0 Å². The smallest absolute Gasteiger partial charge is 0.0468 e. The minimum atomic E-state index is 0.276. The van der Waals surface area contributed by atoms with Gasteiger partial charge in [-0.05, 0) is 44.2 Å². The maximum absolute atomic E-state index is 5.50. The Bertz CT molecular complexity index is 359. The summed E-state index contributed by atoms with van der Waals surface area (Å²) in [6, 6.07) is 11.0. The van der Waals surface area contributed by atoms with E-state index in [-0.39, 0.29) is 5.41 Å². The van der Waals surface area contributed by atoms with E-state index in [2.05, 4.69) is 49.6 Å². The number of benzene rings is 1. The van der Waals surface area contributed by atoms with Crippen LogP contribution in [0.25, 0.3) is 0 Å². The summed E-state index contributed by atoms with van der Waals surface area (Å²) in [5.74, 6) is 0.808. The second-order valence-electron chi connectivity index (χ2n) is 5.79. The zero-order valence-electron chi connectivity index (χ0n) is 12.3. The average molecular weight is 261 g/mol. The van der Waals surface area contributed by atoms with Gasteiger partial charge < -0.3 is 10.1 Å². The van der Waals surface area contributed by atoms with Crippen LogP contribution in [0.4, 0.5) is 0 Å². The van der Waals surface area contributed by atoms with Crippen LogP contribution in [0.15, 0.2) is 30.3 Å². The lowest BCUT2D eigenvalue weighted by Crippen LogP contribution is -2.39. The van der Waals surface area contributed by atoms with Crippen molar-refractivity contribution in [1.29, 1.82) is 0 Å². The van der Waals surface area contributed by atoms with Crippen molar-refractivity contribution in [3.05, 3.63) is 35.9 Å². The number of likely N-dealkylation sites (N-methyl/N-ethyl adjacent to an activating group) is 1. The minimum absolute atomic E-state index is 0.276. The Balaban J connectivity index is 2.18. The molecule has 1 aliphatic heterocycles. The van der Waals surface area contributed by atoms with E-state index < -0.39 is 0 Å². The number of hydrogen-bond donors (Lipinski definition) is 1. The van der Waals surface area contributed by atoms with E-state index in [0.717, 1.165) is 25.7 Å². The Labute approximate surface area is 117 Å². The first-order valence-electron chi connectivity index (χ1n) is 7.58.